The minimum Gasteiger partial charge on any atom is -0.468 e. The Balaban J connectivity index is 2.03. The minimum absolute atomic E-state index is 0.100. The molecule has 0 fully saturated rings. The van der Waals surface area contributed by atoms with Crippen LogP contribution >= 0.6 is 0 Å². The molecule has 21 heavy (non-hydrogen) atoms. The fourth-order valence-electron chi connectivity index (χ4n) is 2.32. The number of likely N-dealkylation sites (N-methyl/N-ethyl adjacent to an activating group) is 1. The van der Waals surface area contributed by atoms with Gasteiger partial charge in [0.1, 0.15) is 11.6 Å². The number of nitrogens with zero attached hydrogens (tertiary/aromatic N) is 2. The first-order valence-corrected chi connectivity index (χ1v) is 7.16. The molecule has 0 bridgehead atoms. The zero-order chi connectivity index (χ0) is 15.2. The van der Waals surface area contributed by atoms with Gasteiger partial charge in [0.05, 0.1) is 24.2 Å². The van der Waals surface area contributed by atoms with E-state index >= 15 is 0 Å². The minimum atomic E-state index is -0.310. The molecular weight excluding hydrogens is 269 g/mol. The van der Waals surface area contributed by atoms with Crippen molar-refractivity contribution in [2.75, 3.05) is 20.6 Å². The molecule has 0 aromatic carbocycles. The van der Waals surface area contributed by atoms with Crippen molar-refractivity contribution in [3.05, 3.63) is 54.0 Å². The average Bonchev–Trinajstić information content (AvgIpc) is 2.98. The summed E-state index contributed by atoms with van der Waals surface area (Å²) < 4.78 is 18.5. The summed E-state index contributed by atoms with van der Waals surface area (Å²) in [6.07, 6.45) is 3.83. The maximum absolute atomic E-state index is 13.0. The fraction of sp³-hybridized carbons (Fsp3) is 0.438. The first-order chi connectivity index (χ1) is 10.1. The molecule has 0 aliphatic carbocycles. The van der Waals surface area contributed by atoms with Crippen LogP contribution in [0.5, 0.6) is 0 Å². The Morgan fingerprint density at radius 2 is 2.14 bits per heavy atom. The zero-order valence-corrected chi connectivity index (χ0v) is 12.7. The molecule has 0 aliphatic heterocycles. The SMILES string of the molecule is CCC(NCC(c1ccco1)N(C)C)c1ccc(F)cn1. The van der Waals surface area contributed by atoms with Crippen LogP contribution in [-0.2, 0) is 0 Å². The van der Waals surface area contributed by atoms with Crippen LogP contribution in [0.2, 0.25) is 0 Å². The first kappa shape index (κ1) is 15.7. The van der Waals surface area contributed by atoms with Crippen LogP contribution in [-0.4, -0.2) is 30.5 Å². The second-order valence-corrected chi connectivity index (χ2v) is 5.27. The lowest BCUT2D eigenvalue weighted by Gasteiger charge is -2.25. The van der Waals surface area contributed by atoms with Crippen LogP contribution < -0.4 is 5.32 Å². The van der Waals surface area contributed by atoms with Crippen molar-refractivity contribution in [2.45, 2.75) is 25.4 Å². The van der Waals surface area contributed by atoms with Gasteiger partial charge < -0.3 is 9.73 Å². The summed E-state index contributed by atoms with van der Waals surface area (Å²) in [4.78, 5) is 6.27. The smallest absolute Gasteiger partial charge is 0.141 e. The number of hydrogen-bond acceptors (Lipinski definition) is 4. The molecule has 2 unspecified atom stereocenters. The predicted molar refractivity (Wildman–Crippen MR) is 80.4 cm³/mol. The van der Waals surface area contributed by atoms with Crippen molar-refractivity contribution in [1.29, 1.82) is 0 Å². The summed E-state index contributed by atoms with van der Waals surface area (Å²) in [5.41, 5.74) is 0.857. The number of aromatic nitrogens is 1. The highest BCUT2D eigenvalue weighted by molar-refractivity contribution is 5.11. The van der Waals surface area contributed by atoms with E-state index in [0.29, 0.717) is 0 Å². The summed E-state index contributed by atoms with van der Waals surface area (Å²) in [5.74, 6) is 0.616. The van der Waals surface area contributed by atoms with E-state index in [0.717, 1.165) is 24.4 Å². The van der Waals surface area contributed by atoms with E-state index in [1.165, 1.54) is 12.3 Å². The van der Waals surface area contributed by atoms with Crippen LogP contribution in [0.15, 0.2) is 41.1 Å². The lowest BCUT2D eigenvalue weighted by molar-refractivity contribution is 0.242. The van der Waals surface area contributed by atoms with Gasteiger partial charge in [-0.1, -0.05) is 6.92 Å². The fourth-order valence-corrected chi connectivity index (χ4v) is 2.32. The van der Waals surface area contributed by atoms with Crippen molar-refractivity contribution in [3.8, 4) is 0 Å². The first-order valence-electron chi connectivity index (χ1n) is 7.16. The van der Waals surface area contributed by atoms with Gasteiger partial charge in [0, 0.05) is 12.6 Å². The number of hydrogen-bond donors (Lipinski definition) is 1. The van der Waals surface area contributed by atoms with Gasteiger partial charge in [-0.25, -0.2) is 4.39 Å². The molecule has 2 heterocycles. The lowest BCUT2D eigenvalue weighted by atomic mass is 10.1. The van der Waals surface area contributed by atoms with Crippen molar-refractivity contribution in [1.82, 2.24) is 15.2 Å². The zero-order valence-electron chi connectivity index (χ0n) is 12.7. The highest BCUT2D eigenvalue weighted by Crippen LogP contribution is 2.20. The van der Waals surface area contributed by atoms with Gasteiger partial charge in [0.25, 0.3) is 0 Å². The molecule has 0 saturated heterocycles. The molecule has 114 valence electrons. The number of halogens is 1. The molecule has 0 spiro atoms. The molecule has 0 saturated carbocycles. The van der Waals surface area contributed by atoms with Gasteiger partial charge in [-0.15, -0.1) is 0 Å². The Morgan fingerprint density at radius 3 is 2.67 bits per heavy atom. The molecular formula is C16H22FN3O. The van der Waals surface area contributed by atoms with E-state index in [1.807, 2.05) is 26.2 Å². The van der Waals surface area contributed by atoms with Gasteiger partial charge in [0.15, 0.2) is 0 Å². The summed E-state index contributed by atoms with van der Waals surface area (Å²) in [6, 6.07) is 7.29. The Bertz CT molecular complexity index is 525. The van der Waals surface area contributed by atoms with E-state index in [1.54, 1.807) is 12.3 Å². The van der Waals surface area contributed by atoms with E-state index in [9.17, 15) is 4.39 Å². The molecule has 2 rings (SSSR count). The molecule has 5 heteroatoms. The molecule has 0 aliphatic rings. The summed E-state index contributed by atoms with van der Waals surface area (Å²) in [7, 11) is 4.04. The third-order valence-corrected chi connectivity index (χ3v) is 3.57. The quantitative estimate of drug-likeness (QED) is 0.851. The normalized spacial score (nSPS) is 14.3. The van der Waals surface area contributed by atoms with Crippen LogP contribution in [0, 0.1) is 5.82 Å². The summed E-state index contributed by atoms with van der Waals surface area (Å²) >= 11 is 0. The molecule has 0 radical (unpaired) electrons. The molecule has 2 atom stereocenters. The third-order valence-electron chi connectivity index (χ3n) is 3.57. The molecule has 1 N–H and O–H groups in total. The Kier molecular flexibility index (Phi) is 5.47. The largest absolute Gasteiger partial charge is 0.468 e. The topological polar surface area (TPSA) is 41.3 Å². The van der Waals surface area contributed by atoms with Crippen LogP contribution in [0.4, 0.5) is 4.39 Å². The van der Waals surface area contributed by atoms with E-state index in [4.69, 9.17) is 4.42 Å². The van der Waals surface area contributed by atoms with Crippen molar-refractivity contribution in [2.24, 2.45) is 0 Å². The van der Waals surface area contributed by atoms with E-state index < -0.39 is 0 Å². The maximum Gasteiger partial charge on any atom is 0.141 e. The van der Waals surface area contributed by atoms with Crippen molar-refractivity contribution < 1.29 is 8.81 Å². The van der Waals surface area contributed by atoms with Crippen LogP contribution in [0.3, 0.4) is 0 Å². The number of nitrogens with one attached hydrogen (secondary N) is 1. The average molecular weight is 291 g/mol. The van der Waals surface area contributed by atoms with Gasteiger partial charge in [-0.3, -0.25) is 9.88 Å². The second-order valence-electron chi connectivity index (χ2n) is 5.27. The Labute approximate surface area is 125 Å². The van der Waals surface area contributed by atoms with Gasteiger partial charge >= 0.3 is 0 Å². The predicted octanol–water partition coefficient (Wildman–Crippen LogP) is 3.16. The van der Waals surface area contributed by atoms with Crippen LogP contribution in [0.1, 0.15) is 36.9 Å². The lowest BCUT2D eigenvalue weighted by Crippen LogP contribution is -2.33. The monoisotopic (exact) mass is 291 g/mol. The Morgan fingerprint density at radius 1 is 1.33 bits per heavy atom. The second kappa shape index (κ2) is 7.33. The maximum atomic E-state index is 13.0. The number of furan rings is 1. The van der Waals surface area contributed by atoms with Crippen molar-refractivity contribution in [3.63, 3.8) is 0 Å². The Hall–Kier alpha value is -1.72. The summed E-state index contributed by atoms with van der Waals surface area (Å²) in [5, 5.41) is 3.49. The molecule has 4 nitrogen and oxygen atoms in total. The number of rotatable bonds is 7. The van der Waals surface area contributed by atoms with Gasteiger partial charge in [-0.05, 0) is 44.8 Å². The van der Waals surface area contributed by atoms with E-state index in [2.05, 4.69) is 22.1 Å². The third kappa shape index (κ3) is 4.12. The highest BCUT2D eigenvalue weighted by atomic mass is 19.1. The molecule has 2 aromatic heterocycles. The highest BCUT2D eigenvalue weighted by Gasteiger charge is 2.19. The van der Waals surface area contributed by atoms with Gasteiger partial charge in [-0.2, -0.15) is 0 Å². The van der Waals surface area contributed by atoms with Crippen molar-refractivity contribution >= 4 is 0 Å². The summed E-state index contributed by atoms with van der Waals surface area (Å²) in [6.45, 7) is 2.82. The molecule has 0 amide bonds. The molecule has 2 aromatic rings. The number of pyridine rings is 1. The van der Waals surface area contributed by atoms with Crippen LogP contribution in [0.25, 0.3) is 0 Å². The van der Waals surface area contributed by atoms with Gasteiger partial charge in [0.2, 0.25) is 0 Å². The van der Waals surface area contributed by atoms with E-state index in [-0.39, 0.29) is 17.9 Å². The standard InChI is InChI=1S/C16H22FN3O/c1-4-13(14-8-7-12(17)10-18-14)19-11-15(20(2)3)16-6-5-9-21-16/h5-10,13,15,19H,4,11H2,1-3H3.